The standard InChI is InChI=1S/C42H52S4/c1-39(2,3)43-33-21-13-29(14-22-33)37(30-15-23-34(24-16-30)44-40(4,5)6)38(31-17-25-35(26-18-31)45-41(7,8)9)32-19-27-36(28-20-32)46-42(10,11)12/h13-28H,1-12H3. The summed E-state index contributed by atoms with van der Waals surface area (Å²) in [4.78, 5) is 5.17. The first-order valence-corrected chi connectivity index (χ1v) is 19.4. The van der Waals surface area contributed by atoms with Gasteiger partial charge in [0.15, 0.2) is 0 Å². The Morgan fingerprint density at radius 1 is 0.283 bits per heavy atom. The highest BCUT2D eigenvalue weighted by Gasteiger charge is 2.20. The minimum atomic E-state index is 0.158. The van der Waals surface area contributed by atoms with Crippen molar-refractivity contribution in [2.75, 3.05) is 0 Å². The van der Waals surface area contributed by atoms with Crippen LogP contribution in [0.4, 0.5) is 0 Å². The Labute approximate surface area is 297 Å². The van der Waals surface area contributed by atoms with Gasteiger partial charge in [0, 0.05) is 38.6 Å². The molecule has 244 valence electrons. The van der Waals surface area contributed by atoms with Gasteiger partial charge in [-0.3, -0.25) is 0 Å². The lowest BCUT2D eigenvalue weighted by Gasteiger charge is -2.22. The largest absolute Gasteiger partial charge is 0.120 e. The summed E-state index contributed by atoms with van der Waals surface area (Å²) in [6.45, 7) is 27.3. The van der Waals surface area contributed by atoms with Crippen LogP contribution in [-0.4, -0.2) is 19.0 Å². The molecule has 0 amide bonds. The fourth-order valence-corrected chi connectivity index (χ4v) is 9.00. The summed E-state index contributed by atoms with van der Waals surface area (Å²) in [5.41, 5.74) is 7.42. The lowest BCUT2D eigenvalue weighted by Crippen LogP contribution is -2.07. The average Bonchev–Trinajstić information content (AvgIpc) is 2.91. The molecule has 0 saturated carbocycles. The number of hydrogen-bond acceptors (Lipinski definition) is 4. The van der Waals surface area contributed by atoms with Gasteiger partial charge in [-0.1, -0.05) is 132 Å². The van der Waals surface area contributed by atoms with Crippen molar-refractivity contribution in [2.45, 2.75) is 122 Å². The summed E-state index contributed by atoms with van der Waals surface area (Å²) in [5, 5.41) is 0. The van der Waals surface area contributed by atoms with Gasteiger partial charge in [-0.15, -0.1) is 47.0 Å². The number of benzene rings is 4. The first-order valence-electron chi connectivity index (χ1n) is 16.2. The monoisotopic (exact) mass is 684 g/mol. The summed E-state index contributed by atoms with van der Waals surface area (Å²) in [6.07, 6.45) is 0. The van der Waals surface area contributed by atoms with E-state index in [1.807, 2.05) is 47.0 Å². The van der Waals surface area contributed by atoms with Crippen molar-refractivity contribution >= 4 is 58.2 Å². The summed E-state index contributed by atoms with van der Waals surface area (Å²) >= 11 is 7.66. The van der Waals surface area contributed by atoms with Gasteiger partial charge in [0.1, 0.15) is 0 Å². The predicted molar refractivity (Wildman–Crippen MR) is 213 cm³/mol. The number of rotatable bonds is 8. The highest BCUT2D eigenvalue weighted by molar-refractivity contribution is 8.01. The normalized spacial score (nSPS) is 12.7. The lowest BCUT2D eigenvalue weighted by molar-refractivity contribution is 0.802. The van der Waals surface area contributed by atoms with Crippen LogP contribution in [0.2, 0.25) is 0 Å². The first kappa shape index (κ1) is 36.8. The van der Waals surface area contributed by atoms with Crippen molar-refractivity contribution in [3.8, 4) is 0 Å². The van der Waals surface area contributed by atoms with Crippen LogP contribution in [0.25, 0.3) is 11.1 Å². The van der Waals surface area contributed by atoms with Crippen LogP contribution in [0.1, 0.15) is 105 Å². The van der Waals surface area contributed by atoms with Crippen LogP contribution in [0.15, 0.2) is 117 Å². The fraction of sp³-hybridized carbons (Fsp3) is 0.381. The van der Waals surface area contributed by atoms with Gasteiger partial charge in [0.25, 0.3) is 0 Å². The highest BCUT2D eigenvalue weighted by atomic mass is 32.2. The molecule has 0 unspecified atom stereocenters. The Balaban J connectivity index is 1.96. The third-order valence-electron chi connectivity index (χ3n) is 6.52. The van der Waals surface area contributed by atoms with Gasteiger partial charge in [-0.2, -0.15) is 0 Å². The predicted octanol–water partition coefficient (Wildman–Crippen LogP) is 14.3. The lowest BCUT2D eigenvalue weighted by atomic mass is 9.86. The topological polar surface area (TPSA) is 0 Å². The van der Waals surface area contributed by atoms with E-state index in [-0.39, 0.29) is 19.0 Å². The highest BCUT2D eigenvalue weighted by Crippen LogP contribution is 2.42. The van der Waals surface area contributed by atoms with Crippen LogP contribution in [0, 0.1) is 0 Å². The average molecular weight is 685 g/mol. The van der Waals surface area contributed by atoms with Crippen LogP contribution in [-0.2, 0) is 0 Å². The van der Waals surface area contributed by atoms with Gasteiger partial charge in [0.05, 0.1) is 0 Å². The minimum Gasteiger partial charge on any atom is -0.120 e. The zero-order valence-electron chi connectivity index (χ0n) is 29.9. The second-order valence-electron chi connectivity index (χ2n) is 15.7. The molecule has 4 heteroatoms. The van der Waals surface area contributed by atoms with Gasteiger partial charge >= 0.3 is 0 Å². The SMILES string of the molecule is CC(C)(C)Sc1ccc(C(=C(c2ccc(SC(C)(C)C)cc2)c2ccc(SC(C)(C)C)cc2)c2ccc(SC(C)(C)C)cc2)cc1. The maximum atomic E-state index is 2.31. The molecule has 4 aromatic rings. The van der Waals surface area contributed by atoms with E-state index in [0.29, 0.717) is 0 Å². The summed E-state index contributed by atoms with van der Waals surface area (Å²) < 4.78 is 0.633. The second-order valence-corrected chi connectivity index (χ2v) is 23.3. The van der Waals surface area contributed by atoms with E-state index in [1.165, 1.54) is 53.0 Å². The van der Waals surface area contributed by atoms with E-state index in [1.54, 1.807) is 0 Å². The molecule has 46 heavy (non-hydrogen) atoms. The van der Waals surface area contributed by atoms with Crippen molar-refractivity contribution in [2.24, 2.45) is 0 Å². The van der Waals surface area contributed by atoms with Gasteiger partial charge in [-0.25, -0.2) is 0 Å². The van der Waals surface area contributed by atoms with Crippen LogP contribution >= 0.6 is 47.0 Å². The molecule has 0 spiro atoms. The zero-order valence-corrected chi connectivity index (χ0v) is 33.1. The van der Waals surface area contributed by atoms with E-state index >= 15 is 0 Å². The molecule has 4 aromatic carbocycles. The Hall–Kier alpha value is -1.98. The van der Waals surface area contributed by atoms with Crippen LogP contribution < -0.4 is 0 Å². The van der Waals surface area contributed by atoms with Crippen LogP contribution in [0.3, 0.4) is 0 Å². The Morgan fingerprint density at radius 3 is 0.565 bits per heavy atom. The van der Waals surface area contributed by atoms with Gasteiger partial charge in [0.2, 0.25) is 0 Å². The van der Waals surface area contributed by atoms with E-state index in [9.17, 15) is 0 Å². The maximum absolute atomic E-state index is 2.31. The molecule has 0 N–H and O–H groups in total. The first-order chi connectivity index (χ1) is 21.2. The Kier molecular flexibility index (Phi) is 11.7. The summed E-state index contributed by atoms with van der Waals surface area (Å²) in [5.74, 6) is 0. The summed E-state index contributed by atoms with van der Waals surface area (Å²) in [7, 11) is 0. The van der Waals surface area contributed by atoms with E-state index in [2.05, 4.69) is 180 Å². The molecule has 0 saturated heterocycles. The number of thioether (sulfide) groups is 4. The molecule has 0 aliphatic rings. The molecule has 0 heterocycles. The maximum Gasteiger partial charge on any atom is 0.0122 e. The molecular weight excluding hydrogens is 633 g/mol. The van der Waals surface area contributed by atoms with Gasteiger partial charge in [-0.05, 0) is 81.9 Å². The molecular formula is C42H52S4. The zero-order chi connectivity index (χ0) is 33.9. The molecule has 4 rings (SSSR count). The van der Waals surface area contributed by atoms with Gasteiger partial charge < -0.3 is 0 Å². The van der Waals surface area contributed by atoms with E-state index in [0.717, 1.165) is 0 Å². The van der Waals surface area contributed by atoms with Crippen molar-refractivity contribution in [3.05, 3.63) is 119 Å². The molecule has 0 aliphatic heterocycles. The Bertz CT molecular complexity index is 1350. The van der Waals surface area contributed by atoms with E-state index in [4.69, 9.17) is 0 Å². The third kappa shape index (κ3) is 11.6. The molecule has 0 atom stereocenters. The van der Waals surface area contributed by atoms with Crippen molar-refractivity contribution < 1.29 is 0 Å². The molecule has 0 aromatic heterocycles. The van der Waals surface area contributed by atoms with Crippen molar-refractivity contribution in [1.29, 1.82) is 0 Å². The van der Waals surface area contributed by atoms with E-state index < -0.39 is 0 Å². The quantitative estimate of drug-likeness (QED) is 0.134. The smallest absolute Gasteiger partial charge is 0.0122 e. The second kappa shape index (κ2) is 14.6. The van der Waals surface area contributed by atoms with Crippen molar-refractivity contribution in [3.63, 3.8) is 0 Å². The molecule has 0 fully saturated rings. The molecule has 0 bridgehead atoms. The van der Waals surface area contributed by atoms with Crippen LogP contribution in [0.5, 0.6) is 0 Å². The molecule has 0 nitrogen and oxygen atoms in total. The minimum absolute atomic E-state index is 0.158. The fourth-order valence-electron chi connectivity index (χ4n) is 5.08. The third-order valence-corrected chi connectivity index (χ3v) is 11.0. The van der Waals surface area contributed by atoms with Crippen molar-refractivity contribution in [1.82, 2.24) is 0 Å². The number of hydrogen-bond donors (Lipinski definition) is 0. The summed E-state index contributed by atoms with van der Waals surface area (Å²) in [6, 6.07) is 36.8. The Morgan fingerprint density at radius 2 is 0.435 bits per heavy atom. The molecule has 0 radical (unpaired) electrons. The molecule has 0 aliphatic carbocycles.